The topological polar surface area (TPSA) is 120 Å². The van der Waals surface area contributed by atoms with Gasteiger partial charge in [-0.3, -0.25) is 0 Å². The number of esters is 1. The molecule has 0 aliphatic rings. The van der Waals surface area contributed by atoms with Crippen LogP contribution in [0.3, 0.4) is 0 Å². The number of rotatable bonds is 9. The van der Waals surface area contributed by atoms with Crippen LogP contribution in [-0.2, 0) is 19.6 Å². The van der Waals surface area contributed by atoms with E-state index >= 15 is 0 Å². The first-order valence-electron chi connectivity index (χ1n) is 6.07. The predicted octanol–water partition coefficient (Wildman–Crippen LogP) is 2.37. The lowest BCUT2D eigenvalue weighted by Crippen LogP contribution is -2.37. The van der Waals surface area contributed by atoms with Crippen LogP contribution in [0.1, 0.15) is 46.0 Å². The fourth-order valence-electron chi connectivity index (χ4n) is 1.86. The first kappa shape index (κ1) is 20.4. The third-order valence-corrected chi connectivity index (χ3v) is 5.10. The predicted molar refractivity (Wildman–Crippen MR) is 74.0 cm³/mol. The number of ether oxygens (including phenoxy) is 1. The van der Waals surface area contributed by atoms with E-state index < -0.39 is 20.8 Å². The van der Waals surface area contributed by atoms with Gasteiger partial charge in [-0.05, 0) is 32.1 Å². The monoisotopic (exact) mass is 295 g/mol. The number of carbonyl (C=O) groups is 1. The Morgan fingerprint density at radius 2 is 1.84 bits per heavy atom. The van der Waals surface area contributed by atoms with Gasteiger partial charge in [-0.1, -0.05) is 20.4 Å². The smallest absolute Gasteiger partial charge is 0.330 e. The van der Waals surface area contributed by atoms with Crippen LogP contribution in [0.25, 0.3) is 0 Å². The number of hydrogen-bond donors (Lipinski definition) is 1. The van der Waals surface area contributed by atoms with Crippen LogP contribution in [0.15, 0.2) is 12.7 Å². The molecule has 0 aromatic carbocycles. The van der Waals surface area contributed by atoms with Crippen LogP contribution >= 0.6 is 0 Å². The summed E-state index contributed by atoms with van der Waals surface area (Å²) in [5, 5.41) is 0. The highest BCUT2D eigenvalue weighted by molar-refractivity contribution is 7.87. The zero-order valence-electron chi connectivity index (χ0n) is 12.0. The summed E-state index contributed by atoms with van der Waals surface area (Å²) in [7, 11) is -4.31. The van der Waals surface area contributed by atoms with Crippen molar-refractivity contribution in [3.8, 4) is 0 Å². The minimum atomic E-state index is -4.31. The van der Waals surface area contributed by atoms with Gasteiger partial charge >= 0.3 is 5.97 Å². The van der Waals surface area contributed by atoms with Crippen LogP contribution in [-0.4, -0.2) is 30.3 Å². The molecule has 4 N–H and O–H groups in total. The zero-order valence-corrected chi connectivity index (χ0v) is 12.8. The molecule has 0 saturated carbocycles. The van der Waals surface area contributed by atoms with E-state index in [1.165, 1.54) is 0 Å². The molecule has 0 aromatic rings. The molecule has 0 aromatic heterocycles. The van der Waals surface area contributed by atoms with Gasteiger partial charge < -0.3 is 15.4 Å². The molecular formula is C12H25NO5S. The number of quaternary nitrogens is 1. The van der Waals surface area contributed by atoms with Crippen LogP contribution in [0.5, 0.6) is 0 Å². The van der Waals surface area contributed by atoms with E-state index in [0.29, 0.717) is 32.1 Å². The third-order valence-electron chi connectivity index (χ3n) is 3.26. The van der Waals surface area contributed by atoms with Gasteiger partial charge in [-0.25, -0.2) is 13.2 Å². The minimum Gasteiger partial charge on any atom is -0.748 e. The maximum atomic E-state index is 11.3. The molecule has 19 heavy (non-hydrogen) atoms. The molecule has 0 unspecified atom stereocenters. The van der Waals surface area contributed by atoms with Gasteiger partial charge in [0, 0.05) is 6.08 Å². The Morgan fingerprint density at radius 3 is 2.21 bits per heavy atom. The summed E-state index contributed by atoms with van der Waals surface area (Å²) < 4.78 is 37.4. The molecule has 0 rings (SSSR count). The van der Waals surface area contributed by atoms with E-state index in [1.54, 1.807) is 13.8 Å². The Kier molecular flexibility index (Phi) is 9.73. The maximum Gasteiger partial charge on any atom is 0.330 e. The fraction of sp³-hybridized carbons (Fsp3) is 0.750. The second kappa shape index (κ2) is 9.06. The van der Waals surface area contributed by atoms with Crippen molar-refractivity contribution in [3.05, 3.63) is 12.7 Å². The Labute approximate surface area is 115 Å². The summed E-state index contributed by atoms with van der Waals surface area (Å²) >= 11 is 0. The maximum absolute atomic E-state index is 11.3. The molecule has 0 heterocycles. The van der Waals surface area contributed by atoms with Gasteiger partial charge in [-0.15, -0.1) is 0 Å². The molecule has 0 radical (unpaired) electrons. The van der Waals surface area contributed by atoms with Crippen molar-refractivity contribution in [1.29, 1.82) is 0 Å². The summed E-state index contributed by atoms with van der Waals surface area (Å²) in [5.41, 5.74) is 0. The zero-order chi connectivity index (χ0) is 14.2. The minimum absolute atomic E-state index is 0. The van der Waals surface area contributed by atoms with E-state index in [1.807, 2.05) is 0 Å². The number of hydrogen-bond acceptors (Lipinski definition) is 5. The van der Waals surface area contributed by atoms with Crippen molar-refractivity contribution in [2.24, 2.45) is 0 Å². The lowest BCUT2D eigenvalue weighted by Gasteiger charge is -2.34. The SMILES string of the molecule is C=CC(=O)OCCCCC(CC)(CC)S(=O)(=O)[O-].[NH4+]. The first-order chi connectivity index (χ1) is 8.33. The molecule has 114 valence electrons. The molecule has 6 nitrogen and oxygen atoms in total. The molecule has 0 fully saturated rings. The van der Waals surface area contributed by atoms with E-state index in [-0.39, 0.29) is 12.8 Å². The number of carbonyl (C=O) groups excluding carboxylic acids is 1. The summed E-state index contributed by atoms with van der Waals surface area (Å²) in [4.78, 5) is 10.8. The van der Waals surface area contributed by atoms with Crippen molar-refractivity contribution >= 4 is 16.1 Å². The van der Waals surface area contributed by atoms with Crippen molar-refractivity contribution in [2.75, 3.05) is 6.61 Å². The van der Waals surface area contributed by atoms with Crippen molar-refractivity contribution < 1.29 is 22.5 Å². The van der Waals surface area contributed by atoms with Gasteiger partial charge in [0.25, 0.3) is 0 Å². The summed E-state index contributed by atoms with van der Waals surface area (Å²) in [6.45, 7) is 6.89. The number of unbranched alkanes of at least 4 members (excludes halogenated alkanes) is 1. The fourth-order valence-corrected chi connectivity index (χ4v) is 2.96. The van der Waals surface area contributed by atoms with Crippen molar-refractivity contribution in [3.63, 3.8) is 0 Å². The van der Waals surface area contributed by atoms with E-state index in [0.717, 1.165) is 6.08 Å². The van der Waals surface area contributed by atoms with Crippen molar-refractivity contribution in [2.45, 2.75) is 50.7 Å². The van der Waals surface area contributed by atoms with E-state index in [4.69, 9.17) is 4.74 Å². The quantitative estimate of drug-likeness (QED) is 0.303. The molecule has 0 spiro atoms. The Balaban J connectivity index is 0. The van der Waals surface area contributed by atoms with Gasteiger partial charge in [-0.2, -0.15) is 0 Å². The lowest BCUT2D eigenvalue weighted by atomic mass is 9.95. The average molecular weight is 295 g/mol. The van der Waals surface area contributed by atoms with Crippen LogP contribution in [0, 0.1) is 0 Å². The molecular weight excluding hydrogens is 270 g/mol. The highest BCUT2D eigenvalue weighted by atomic mass is 32.2. The summed E-state index contributed by atoms with van der Waals surface area (Å²) in [6.07, 6.45) is 3.07. The summed E-state index contributed by atoms with van der Waals surface area (Å²) in [5.74, 6) is -0.497. The Hall–Kier alpha value is -0.920. The largest absolute Gasteiger partial charge is 0.748 e. The van der Waals surface area contributed by atoms with Gasteiger partial charge in [0.1, 0.15) is 10.1 Å². The van der Waals surface area contributed by atoms with Crippen molar-refractivity contribution in [1.82, 2.24) is 6.15 Å². The van der Waals surface area contributed by atoms with Crippen LogP contribution < -0.4 is 6.15 Å². The summed E-state index contributed by atoms with van der Waals surface area (Å²) in [6, 6.07) is 0. The molecule has 7 heteroatoms. The van der Waals surface area contributed by atoms with Gasteiger partial charge in [0.05, 0.1) is 11.4 Å². The van der Waals surface area contributed by atoms with E-state index in [2.05, 4.69) is 6.58 Å². The standard InChI is InChI=1S/C12H22O5S.H3N/c1-4-11(13)17-10-8-7-9-12(5-2,6-3)18(14,15)16;/h4H,1,5-10H2,2-3H3,(H,14,15,16);1H3. The average Bonchev–Trinajstić information content (AvgIpc) is 2.32. The van der Waals surface area contributed by atoms with Crippen LogP contribution in [0.2, 0.25) is 0 Å². The van der Waals surface area contributed by atoms with Gasteiger partial charge in [0.2, 0.25) is 0 Å². The molecule has 0 amide bonds. The Bertz CT molecular complexity index is 374. The second-order valence-corrected chi connectivity index (χ2v) is 5.95. The normalized spacial score (nSPS) is 11.5. The molecule has 0 aliphatic heterocycles. The second-order valence-electron chi connectivity index (χ2n) is 4.17. The molecule has 0 saturated heterocycles. The third kappa shape index (κ3) is 6.17. The molecule has 0 aliphatic carbocycles. The highest BCUT2D eigenvalue weighted by Gasteiger charge is 2.32. The molecule has 0 atom stereocenters. The van der Waals surface area contributed by atoms with E-state index in [9.17, 15) is 17.8 Å². The molecule has 0 bridgehead atoms. The first-order valence-corrected chi connectivity index (χ1v) is 7.48. The highest BCUT2D eigenvalue weighted by Crippen LogP contribution is 2.30. The lowest BCUT2D eigenvalue weighted by molar-refractivity contribution is -0.137. The Morgan fingerprint density at radius 1 is 1.32 bits per heavy atom. The van der Waals surface area contributed by atoms with Crippen LogP contribution in [0.4, 0.5) is 0 Å². The van der Waals surface area contributed by atoms with Gasteiger partial charge in [0.15, 0.2) is 0 Å².